The maximum Gasteiger partial charge on any atom is 0.408 e. The van der Waals surface area contributed by atoms with Gasteiger partial charge in [0.05, 0.1) is 11.1 Å². The number of aromatic nitrogens is 1. The average molecular weight is 660 g/mol. The summed E-state index contributed by atoms with van der Waals surface area (Å²) in [5, 5.41) is 3.43. The van der Waals surface area contributed by atoms with E-state index in [2.05, 4.69) is 10.0 Å². The van der Waals surface area contributed by atoms with Crippen LogP contribution in [-0.4, -0.2) is 73.1 Å². The highest BCUT2D eigenvalue weighted by Gasteiger charge is 2.47. The van der Waals surface area contributed by atoms with Crippen molar-refractivity contribution < 1.29 is 53.9 Å². The van der Waals surface area contributed by atoms with Crippen LogP contribution in [0.1, 0.15) is 42.2 Å². The van der Waals surface area contributed by atoms with Crippen molar-refractivity contribution in [2.75, 3.05) is 25.0 Å². The average Bonchev–Trinajstić information content (AvgIpc) is 3.11. The van der Waals surface area contributed by atoms with Crippen molar-refractivity contribution in [3.63, 3.8) is 0 Å². The first-order chi connectivity index (χ1) is 19.9. The zero-order valence-corrected chi connectivity index (χ0v) is 23.9. The Balaban J connectivity index is 1.54. The van der Waals surface area contributed by atoms with Crippen LogP contribution < -0.4 is 20.1 Å². The molecule has 0 saturated carbocycles. The van der Waals surface area contributed by atoms with Gasteiger partial charge in [-0.05, 0) is 38.0 Å². The molecule has 11 nitrogen and oxygen atoms in total. The van der Waals surface area contributed by atoms with Gasteiger partial charge in [0, 0.05) is 25.8 Å². The molecule has 3 amide bonds. The fourth-order valence-electron chi connectivity index (χ4n) is 4.65. The van der Waals surface area contributed by atoms with Crippen LogP contribution in [0.2, 0.25) is 5.15 Å². The molecule has 1 aromatic heterocycles. The summed E-state index contributed by atoms with van der Waals surface area (Å²) in [5.74, 6) is -5.37. The second-order valence-electron chi connectivity index (χ2n) is 10.1. The Morgan fingerprint density at radius 2 is 1.79 bits per heavy atom. The van der Waals surface area contributed by atoms with Crippen molar-refractivity contribution in [1.29, 1.82) is 0 Å². The number of carbonyl (C=O) groups excluding carboxylic acids is 3. The normalized spacial score (nSPS) is 18.4. The van der Waals surface area contributed by atoms with E-state index in [9.17, 15) is 49.1 Å². The first-order valence-electron chi connectivity index (χ1n) is 12.5. The van der Waals surface area contributed by atoms with E-state index in [1.54, 1.807) is 5.32 Å². The second kappa shape index (κ2) is 11.5. The molecule has 43 heavy (non-hydrogen) atoms. The molecule has 2 aromatic rings. The number of halogens is 7. The summed E-state index contributed by atoms with van der Waals surface area (Å²) in [6.45, 7) is -0.166. The minimum absolute atomic E-state index is 0.123. The molecule has 0 unspecified atom stereocenters. The number of anilines is 1. The van der Waals surface area contributed by atoms with Crippen LogP contribution in [0.3, 0.4) is 0 Å². The molecule has 2 aliphatic heterocycles. The monoisotopic (exact) mass is 659 g/mol. The molecule has 1 atom stereocenters. The van der Waals surface area contributed by atoms with Gasteiger partial charge in [-0.3, -0.25) is 14.4 Å². The largest absolute Gasteiger partial charge is 0.488 e. The van der Waals surface area contributed by atoms with Gasteiger partial charge in [-0.15, -0.1) is 0 Å². The number of sulfonamides is 1. The van der Waals surface area contributed by atoms with Crippen molar-refractivity contribution in [3.05, 3.63) is 40.4 Å². The van der Waals surface area contributed by atoms with Gasteiger partial charge in [0.2, 0.25) is 10.0 Å². The number of likely N-dealkylation sites (tertiary alicyclic amines) is 1. The predicted molar refractivity (Wildman–Crippen MR) is 138 cm³/mol. The summed E-state index contributed by atoms with van der Waals surface area (Å²) < 4.78 is 114. The number of carbonyl (C=O) groups is 3. The fourth-order valence-corrected chi connectivity index (χ4v) is 6.82. The summed E-state index contributed by atoms with van der Waals surface area (Å²) in [5.41, 5.74) is -2.95. The first kappa shape index (κ1) is 32.4. The molecule has 236 valence electrons. The Labute approximate surface area is 245 Å². The Morgan fingerprint density at radius 3 is 2.37 bits per heavy atom. The number of ether oxygens (including phenoxy) is 1. The molecule has 1 fully saturated rings. The van der Waals surface area contributed by atoms with Gasteiger partial charge in [-0.25, -0.2) is 26.3 Å². The maximum atomic E-state index is 13.7. The van der Waals surface area contributed by atoms with Gasteiger partial charge in [-0.2, -0.15) is 13.2 Å². The van der Waals surface area contributed by atoms with Crippen molar-refractivity contribution in [1.82, 2.24) is 19.5 Å². The topological polar surface area (TPSA) is 139 Å². The number of rotatable bonds is 4. The van der Waals surface area contributed by atoms with Crippen LogP contribution in [0.5, 0.6) is 5.75 Å². The predicted octanol–water partition coefficient (Wildman–Crippen LogP) is 3.11. The zero-order chi connectivity index (χ0) is 32.1. The van der Waals surface area contributed by atoms with Crippen molar-refractivity contribution in [2.45, 2.75) is 48.8 Å². The highest BCUT2D eigenvalue weighted by atomic mass is 35.5. The lowest BCUT2D eigenvalue weighted by molar-refractivity contribution is -0.162. The van der Waals surface area contributed by atoms with E-state index in [0.29, 0.717) is 13.0 Å². The summed E-state index contributed by atoms with van der Waals surface area (Å²) in [4.78, 5) is 38.1. The Morgan fingerprint density at radius 1 is 1.16 bits per heavy atom. The van der Waals surface area contributed by atoms with Crippen LogP contribution >= 0.6 is 11.6 Å². The van der Waals surface area contributed by atoms with E-state index in [4.69, 9.17) is 16.3 Å². The summed E-state index contributed by atoms with van der Waals surface area (Å²) in [6, 6.07) is 0.193. The van der Waals surface area contributed by atoms with Gasteiger partial charge in [0.1, 0.15) is 23.6 Å². The number of fused-ring (bicyclic) bond motifs is 1. The van der Waals surface area contributed by atoms with Crippen LogP contribution in [0, 0.1) is 5.82 Å². The lowest BCUT2D eigenvalue weighted by atomic mass is 9.89. The van der Waals surface area contributed by atoms with Crippen molar-refractivity contribution >= 4 is 45.0 Å². The van der Waals surface area contributed by atoms with Gasteiger partial charge < -0.3 is 24.8 Å². The van der Waals surface area contributed by atoms with Crippen LogP contribution in [0.4, 0.5) is 32.0 Å². The molecule has 4 rings (SSSR count). The molecule has 0 aliphatic carbocycles. The fraction of sp³-hybridized carbons (Fsp3) is 0.458. The third kappa shape index (κ3) is 6.40. The number of hydrogen-bond acceptors (Lipinski definition) is 6. The lowest BCUT2D eigenvalue weighted by Crippen LogP contribution is -2.60. The standard InChI is InChI=1S/C24H24ClF6N5O6S/c1-11(24(29,30)31)32-21(38)22(39)36-7-5-23(6-8-36)10-42-16-15(35(2)18(25)17(16)43(40,41)34-23)20(37)33-12-3-4-14(26)13(9-12)19(27)28/h3-4,9,11,19,34H,5-8,10H2,1-2H3,(H,32,38)(H,33,37)/t11-/m1/s1. The Bertz CT molecular complexity index is 1570. The third-order valence-electron chi connectivity index (χ3n) is 7.10. The Kier molecular flexibility index (Phi) is 8.69. The molecule has 0 bridgehead atoms. The first-order valence-corrected chi connectivity index (χ1v) is 14.3. The molecule has 2 aliphatic rings. The zero-order valence-electron chi connectivity index (χ0n) is 22.3. The minimum Gasteiger partial charge on any atom is -0.488 e. The number of benzene rings is 1. The lowest BCUT2D eigenvalue weighted by Gasteiger charge is -2.40. The van der Waals surface area contributed by atoms with E-state index >= 15 is 0 Å². The molecular formula is C24H24ClF6N5O6S. The van der Waals surface area contributed by atoms with Crippen LogP contribution in [-0.2, 0) is 26.7 Å². The Hall–Kier alpha value is -3.51. The third-order valence-corrected chi connectivity index (χ3v) is 9.27. The number of amides is 3. The second-order valence-corrected chi connectivity index (χ2v) is 12.0. The van der Waals surface area contributed by atoms with E-state index in [-0.39, 0.29) is 38.2 Å². The maximum absolute atomic E-state index is 13.7. The van der Waals surface area contributed by atoms with E-state index in [1.165, 1.54) is 7.05 Å². The quantitative estimate of drug-likeness (QED) is 0.341. The van der Waals surface area contributed by atoms with Gasteiger partial charge in [0.25, 0.3) is 12.3 Å². The van der Waals surface area contributed by atoms with E-state index in [1.807, 2.05) is 0 Å². The van der Waals surface area contributed by atoms with Gasteiger partial charge in [0.15, 0.2) is 16.3 Å². The smallest absolute Gasteiger partial charge is 0.408 e. The summed E-state index contributed by atoms with van der Waals surface area (Å²) >= 11 is 6.28. The molecule has 1 spiro atoms. The molecule has 3 N–H and O–H groups in total. The number of alkyl halides is 5. The SMILES string of the molecule is C[C@@H](NC(=O)C(=O)N1CCC2(CC1)COc1c(c(Cl)n(C)c1C(=O)Nc1ccc(F)c(C(F)F)c1)S(=O)(=O)N2)C(F)(F)F. The van der Waals surface area contributed by atoms with Gasteiger partial charge in [-0.1, -0.05) is 11.6 Å². The number of nitrogens with zero attached hydrogens (tertiary/aromatic N) is 2. The highest BCUT2D eigenvalue weighted by Crippen LogP contribution is 2.42. The van der Waals surface area contributed by atoms with Crippen LogP contribution in [0.25, 0.3) is 0 Å². The van der Waals surface area contributed by atoms with Crippen molar-refractivity contribution in [3.8, 4) is 5.75 Å². The molecule has 19 heteroatoms. The minimum atomic E-state index is -4.77. The molecular weight excluding hydrogens is 636 g/mol. The molecule has 1 saturated heterocycles. The van der Waals surface area contributed by atoms with E-state index < -0.39 is 84.8 Å². The molecule has 3 heterocycles. The van der Waals surface area contributed by atoms with Crippen LogP contribution in [0.15, 0.2) is 23.1 Å². The number of piperidine rings is 1. The van der Waals surface area contributed by atoms with Gasteiger partial charge >= 0.3 is 18.0 Å². The van der Waals surface area contributed by atoms with Crippen molar-refractivity contribution in [2.24, 2.45) is 7.05 Å². The molecule has 0 radical (unpaired) electrons. The number of nitrogens with one attached hydrogen (secondary N) is 3. The highest BCUT2D eigenvalue weighted by molar-refractivity contribution is 7.89. The summed E-state index contributed by atoms with van der Waals surface area (Å²) in [6.07, 6.45) is -8.19. The number of hydrogen-bond donors (Lipinski definition) is 3. The molecule has 1 aromatic carbocycles. The summed E-state index contributed by atoms with van der Waals surface area (Å²) in [7, 11) is -3.24. The van der Waals surface area contributed by atoms with E-state index in [0.717, 1.165) is 21.6 Å².